The number of amides is 1. The largest absolute Gasteiger partial charge is 0.368 e. The number of benzene rings is 2. The molecule has 1 amide bonds. The molecular formula is C23H22N8O3. The third-order valence-electron chi connectivity index (χ3n) is 5.84. The first-order chi connectivity index (χ1) is 16.5. The second kappa shape index (κ2) is 8.77. The lowest BCUT2D eigenvalue weighted by Crippen LogP contribution is -2.48. The molecule has 5 rings (SSSR count). The van der Waals surface area contributed by atoms with Gasteiger partial charge in [0.1, 0.15) is 11.0 Å². The van der Waals surface area contributed by atoms with Gasteiger partial charge in [0.05, 0.1) is 11.1 Å². The molecular weight excluding hydrogens is 436 g/mol. The quantitative estimate of drug-likeness (QED) is 0.344. The van der Waals surface area contributed by atoms with Crippen molar-refractivity contribution in [1.82, 2.24) is 25.1 Å². The average molecular weight is 458 g/mol. The van der Waals surface area contributed by atoms with Crippen LogP contribution in [0.2, 0.25) is 0 Å². The first kappa shape index (κ1) is 21.3. The van der Waals surface area contributed by atoms with Crippen LogP contribution in [0, 0.1) is 10.1 Å². The molecule has 11 heteroatoms. The molecule has 0 spiro atoms. The van der Waals surface area contributed by atoms with E-state index in [-0.39, 0.29) is 11.6 Å². The Morgan fingerprint density at radius 1 is 1.09 bits per heavy atom. The molecule has 0 saturated carbocycles. The van der Waals surface area contributed by atoms with Crippen LogP contribution in [-0.2, 0) is 4.79 Å². The molecule has 34 heavy (non-hydrogen) atoms. The summed E-state index contributed by atoms with van der Waals surface area (Å²) in [6.07, 6.45) is 1.59. The highest BCUT2D eigenvalue weighted by Gasteiger charge is 2.19. The van der Waals surface area contributed by atoms with Crippen LogP contribution in [0.25, 0.3) is 22.4 Å². The number of nitro benzene ring substituents is 1. The average Bonchev–Trinajstić information content (AvgIpc) is 3.34. The molecule has 11 nitrogen and oxygen atoms in total. The van der Waals surface area contributed by atoms with Crippen molar-refractivity contribution in [3.8, 4) is 11.4 Å². The Kier molecular flexibility index (Phi) is 5.50. The van der Waals surface area contributed by atoms with Gasteiger partial charge in [-0.3, -0.25) is 20.0 Å². The van der Waals surface area contributed by atoms with Gasteiger partial charge >= 0.3 is 0 Å². The first-order valence-corrected chi connectivity index (χ1v) is 10.8. The maximum atomic E-state index is 11.5. The second-order valence-electron chi connectivity index (χ2n) is 8.00. The molecule has 2 aromatic heterocycles. The fraction of sp³-hybridized carbons (Fsp3) is 0.217. The fourth-order valence-electron chi connectivity index (χ4n) is 3.99. The van der Waals surface area contributed by atoms with Gasteiger partial charge in [0.15, 0.2) is 11.6 Å². The van der Waals surface area contributed by atoms with Gasteiger partial charge in [-0.05, 0) is 24.3 Å². The molecule has 1 fully saturated rings. The van der Waals surface area contributed by atoms with Crippen molar-refractivity contribution < 1.29 is 9.72 Å². The summed E-state index contributed by atoms with van der Waals surface area (Å²) in [4.78, 5) is 35.5. The number of nitrogens with zero attached hydrogens (tertiary/aromatic N) is 6. The van der Waals surface area contributed by atoms with Crippen LogP contribution in [-0.4, -0.2) is 62.1 Å². The molecule has 172 valence electrons. The number of aromatic nitrogens is 4. The number of nitro groups is 1. The van der Waals surface area contributed by atoms with E-state index in [0.29, 0.717) is 41.3 Å². The summed E-state index contributed by atoms with van der Waals surface area (Å²) in [5, 5.41) is 21.4. The van der Waals surface area contributed by atoms with Crippen LogP contribution >= 0.6 is 0 Å². The van der Waals surface area contributed by atoms with Crippen molar-refractivity contribution >= 4 is 39.8 Å². The number of carbonyl (C=O) groups excluding carboxylic acids is 1. The van der Waals surface area contributed by atoms with E-state index < -0.39 is 4.92 Å². The number of hydrogen-bond donors (Lipinski definition) is 2. The Morgan fingerprint density at radius 2 is 1.85 bits per heavy atom. The van der Waals surface area contributed by atoms with Gasteiger partial charge < -0.3 is 15.1 Å². The predicted molar refractivity (Wildman–Crippen MR) is 128 cm³/mol. The molecule has 0 radical (unpaired) electrons. The molecule has 0 unspecified atom stereocenters. The van der Waals surface area contributed by atoms with Crippen LogP contribution in [0.3, 0.4) is 0 Å². The van der Waals surface area contributed by atoms with E-state index in [2.05, 4.69) is 30.4 Å². The Balaban J connectivity index is 1.39. The van der Waals surface area contributed by atoms with Crippen molar-refractivity contribution in [2.45, 2.75) is 6.92 Å². The molecule has 2 N–H and O–H groups in total. The maximum absolute atomic E-state index is 11.5. The summed E-state index contributed by atoms with van der Waals surface area (Å²) in [5.74, 6) is 0.991. The number of rotatable bonds is 5. The molecule has 4 aromatic rings. The smallest absolute Gasteiger partial charge is 0.270 e. The number of piperazine rings is 1. The predicted octanol–water partition coefficient (Wildman–Crippen LogP) is 3.34. The lowest BCUT2D eigenvalue weighted by molar-refractivity contribution is -0.384. The lowest BCUT2D eigenvalue weighted by Gasteiger charge is -2.35. The van der Waals surface area contributed by atoms with E-state index >= 15 is 0 Å². The molecule has 0 atom stereocenters. The number of nitrogens with one attached hydrogen (secondary N) is 2. The zero-order chi connectivity index (χ0) is 23.7. The van der Waals surface area contributed by atoms with E-state index in [1.54, 1.807) is 25.3 Å². The minimum atomic E-state index is -0.444. The van der Waals surface area contributed by atoms with Crippen LogP contribution in [0.4, 0.5) is 22.9 Å². The monoisotopic (exact) mass is 458 g/mol. The maximum Gasteiger partial charge on any atom is 0.270 e. The van der Waals surface area contributed by atoms with Gasteiger partial charge in [-0.25, -0.2) is 9.97 Å². The van der Waals surface area contributed by atoms with Crippen LogP contribution in [0.5, 0.6) is 0 Å². The zero-order valence-corrected chi connectivity index (χ0v) is 18.4. The molecule has 1 aliphatic heterocycles. The van der Waals surface area contributed by atoms with Gasteiger partial charge in [-0.1, -0.05) is 12.1 Å². The second-order valence-corrected chi connectivity index (χ2v) is 8.00. The zero-order valence-electron chi connectivity index (χ0n) is 18.4. The number of aromatic amines is 1. The van der Waals surface area contributed by atoms with Crippen molar-refractivity contribution in [3.63, 3.8) is 0 Å². The summed E-state index contributed by atoms with van der Waals surface area (Å²) in [6.45, 7) is 4.62. The molecule has 0 aliphatic carbocycles. The van der Waals surface area contributed by atoms with Gasteiger partial charge in [-0.2, -0.15) is 5.10 Å². The molecule has 1 aliphatic rings. The highest BCUT2D eigenvalue weighted by atomic mass is 16.6. The molecule has 0 bridgehead atoms. The number of H-pyrrole nitrogens is 1. The Labute approximate surface area is 194 Å². The van der Waals surface area contributed by atoms with Gasteiger partial charge in [0, 0.05) is 62.2 Å². The minimum Gasteiger partial charge on any atom is -0.368 e. The Bertz CT molecular complexity index is 1360. The topological polar surface area (TPSA) is 133 Å². The standard InChI is InChI=1S/C23H22N8O3/c1-15(32)29-9-11-30(12-10-29)18-7-5-17(6-8-18)25-23-21-20(14-24-28-21)26-22(27-23)16-3-2-4-19(13-16)31(33)34/h2-8,13-14H,9-12H2,1H3,(H,24,28)(H,25,26,27). The molecule has 3 heterocycles. The summed E-state index contributed by atoms with van der Waals surface area (Å²) in [5.41, 5.74) is 3.66. The van der Waals surface area contributed by atoms with E-state index in [1.807, 2.05) is 29.2 Å². The summed E-state index contributed by atoms with van der Waals surface area (Å²) in [7, 11) is 0. The number of carbonyl (C=O) groups is 1. The van der Waals surface area contributed by atoms with E-state index in [9.17, 15) is 14.9 Å². The SMILES string of the molecule is CC(=O)N1CCN(c2ccc(Nc3nc(-c4cccc([N+](=O)[O-])c4)nc4cn[nH]c34)cc2)CC1. The van der Waals surface area contributed by atoms with Crippen LogP contribution in [0.15, 0.2) is 54.7 Å². The number of non-ortho nitro benzene ring substituents is 1. The van der Waals surface area contributed by atoms with Crippen molar-refractivity contribution in [3.05, 3.63) is 64.8 Å². The van der Waals surface area contributed by atoms with Crippen LogP contribution in [0.1, 0.15) is 6.92 Å². The Hall–Kier alpha value is -4.54. The third kappa shape index (κ3) is 4.22. The van der Waals surface area contributed by atoms with Crippen LogP contribution < -0.4 is 10.2 Å². The highest BCUT2D eigenvalue weighted by Crippen LogP contribution is 2.28. The number of fused-ring (bicyclic) bond motifs is 1. The third-order valence-corrected chi connectivity index (χ3v) is 5.84. The highest BCUT2D eigenvalue weighted by molar-refractivity contribution is 5.88. The lowest BCUT2D eigenvalue weighted by atomic mass is 10.2. The number of hydrogen-bond acceptors (Lipinski definition) is 8. The summed E-state index contributed by atoms with van der Waals surface area (Å²) < 4.78 is 0. The summed E-state index contributed by atoms with van der Waals surface area (Å²) >= 11 is 0. The Morgan fingerprint density at radius 3 is 2.56 bits per heavy atom. The van der Waals surface area contributed by atoms with Gasteiger partial charge in [-0.15, -0.1) is 0 Å². The summed E-state index contributed by atoms with van der Waals surface area (Å²) in [6, 6.07) is 14.2. The van der Waals surface area contributed by atoms with Gasteiger partial charge in [0.2, 0.25) is 5.91 Å². The van der Waals surface area contributed by atoms with Crippen molar-refractivity contribution in [2.24, 2.45) is 0 Å². The fourth-order valence-corrected chi connectivity index (χ4v) is 3.99. The van der Waals surface area contributed by atoms with E-state index in [0.717, 1.165) is 24.5 Å². The normalized spacial score (nSPS) is 13.8. The first-order valence-electron chi connectivity index (χ1n) is 10.8. The molecule has 2 aromatic carbocycles. The van der Waals surface area contributed by atoms with Gasteiger partial charge in [0.25, 0.3) is 5.69 Å². The van der Waals surface area contributed by atoms with E-state index in [1.165, 1.54) is 12.1 Å². The van der Waals surface area contributed by atoms with Crippen molar-refractivity contribution in [1.29, 1.82) is 0 Å². The number of anilines is 3. The minimum absolute atomic E-state index is 0.0253. The van der Waals surface area contributed by atoms with E-state index in [4.69, 9.17) is 0 Å². The van der Waals surface area contributed by atoms with Crippen molar-refractivity contribution in [2.75, 3.05) is 36.4 Å². The molecule has 1 saturated heterocycles.